The van der Waals surface area contributed by atoms with Crippen molar-refractivity contribution in [2.45, 2.75) is 26.2 Å². The van der Waals surface area contributed by atoms with Crippen LogP contribution in [0.5, 0.6) is 11.6 Å². The molecule has 2 rings (SSSR count). The van der Waals surface area contributed by atoms with E-state index in [1.807, 2.05) is 24.3 Å². The van der Waals surface area contributed by atoms with Gasteiger partial charge in [0.25, 0.3) is 0 Å². The molecular formula is C15H16FNO. The zero-order valence-corrected chi connectivity index (χ0v) is 10.8. The van der Waals surface area contributed by atoms with Gasteiger partial charge in [-0.25, -0.2) is 0 Å². The second-order valence-corrected chi connectivity index (χ2v) is 5.15. The molecule has 0 amide bonds. The third kappa shape index (κ3) is 2.86. The van der Waals surface area contributed by atoms with Gasteiger partial charge in [0.1, 0.15) is 5.75 Å². The lowest BCUT2D eigenvalue weighted by molar-refractivity contribution is 0.427. The van der Waals surface area contributed by atoms with Crippen LogP contribution in [0.25, 0.3) is 0 Å². The van der Waals surface area contributed by atoms with Crippen LogP contribution in [0.1, 0.15) is 26.3 Å². The first kappa shape index (κ1) is 12.6. The van der Waals surface area contributed by atoms with Crippen LogP contribution < -0.4 is 4.74 Å². The van der Waals surface area contributed by atoms with Crippen molar-refractivity contribution in [1.29, 1.82) is 0 Å². The van der Waals surface area contributed by atoms with Crippen LogP contribution in [0.4, 0.5) is 4.39 Å². The van der Waals surface area contributed by atoms with Crippen molar-refractivity contribution in [3.63, 3.8) is 0 Å². The van der Waals surface area contributed by atoms with Gasteiger partial charge in [0.15, 0.2) is 0 Å². The minimum absolute atomic E-state index is 0.0378. The maximum absolute atomic E-state index is 13.0. The lowest BCUT2D eigenvalue weighted by Crippen LogP contribution is -2.12. The molecule has 1 aromatic carbocycles. The fourth-order valence-corrected chi connectivity index (χ4v) is 1.73. The average Bonchev–Trinajstić information content (AvgIpc) is 2.28. The summed E-state index contributed by atoms with van der Waals surface area (Å²) < 4.78 is 18.7. The normalized spacial score (nSPS) is 11.3. The number of hydrogen-bond acceptors (Lipinski definition) is 2. The number of nitrogens with zero attached hydrogens (tertiary/aromatic N) is 1. The summed E-state index contributed by atoms with van der Waals surface area (Å²) in [5.74, 6) is 0.440. The molecule has 0 radical (unpaired) electrons. The van der Waals surface area contributed by atoms with Crippen LogP contribution >= 0.6 is 0 Å². The maximum Gasteiger partial charge on any atom is 0.221 e. The predicted octanol–water partition coefficient (Wildman–Crippen LogP) is 4.31. The smallest absolute Gasteiger partial charge is 0.221 e. The van der Waals surface area contributed by atoms with Crippen LogP contribution in [0.3, 0.4) is 0 Å². The minimum Gasteiger partial charge on any atom is -0.439 e. The molecule has 1 heterocycles. The summed E-state index contributed by atoms with van der Waals surface area (Å²) >= 11 is 0. The Kier molecular flexibility index (Phi) is 3.32. The van der Waals surface area contributed by atoms with Gasteiger partial charge >= 0.3 is 0 Å². The standard InChI is InChI=1S/C15H16FNO/c1-15(2,3)11-7-4-5-8-12(11)18-14-10-6-9-13(16)17-14/h4-10H,1-3H3. The summed E-state index contributed by atoms with van der Waals surface area (Å²) in [7, 11) is 0. The van der Waals surface area contributed by atoms with Gasteiger partial charge < -0.3 is 4.74 Å². The molecule has 3 heteroatoms. The number of halogens is 1. The molecule has 1 aromatic heterocycles. The van der Waals surface area contributed by atoms with E-state index in [1.165, 1.54) is 6.07 Å². The van der Waals surface area contributed by atoms with E-state index >= 15 is 0 Å². The van der Waals surface area contributed by atoms with E-state index < -0.39 is 5.95 Å². The van der Waals surface area contributed by atoms with Crippen molar-refractivity contribution in [2.75, 3.05) is 0 Å². The molecule has 2 nitrogen and oxygen atoms in total. The first-order valence-corrected chi connectivity index (χ1v) is 5.87. The van der Waals surface area contributed by atoms with Gasteiger partial charge in [-0.2, -0.15) is 9.37 Å². The van der Waals surface area contributed by atoms with E-state index in [0.29, 0.717) is 5.75 Å². The number of hydrogen-bond donors (Lipinski definition) is 0. The predicted molar refractivity (Wildman–Crippen MR) is 69.4 cm³/mol. The minimum atomic E-state index is -0.541. The van der Waals surface area contributed by atoms with Crippen LogP contribution in [-0.4, -0.2) is 4.98 Å². The summed E-state index contributed by atoms with van der Waals surface area (Å²) in [6.45, 7) is 6.32. The summed E-state index contributed by atoms with van der Waals surface area (Å²) in [6, 6.07) is 12.3. The van der Waals surface area contributed by atoms with Crippen molar-refractivity contribution in [2.24, 2.45) is 0 Å². The number of aromatic nitrogens is 1. The number of rotatable bonds is 2. The Hall–Kier alpha value is -1.90. The molecule has 0 spiro atoms. The topological polar surface area (TPSA) is 22.1 Å². The van der Waals surface area contributed by atoms with Crippen molar-refractivity contribution in [3.8, 4) is 11.6 Å². The highest BCUT2D eigenvalue weighted by atomic mass is 19.1. The molecule has 0 aliphatic heterocycles. The number of benzene rings is 1. The molecule has 0 atom stereocenters. The second-order valence-electron chi connectivity index (χ2n) is 5.15. The quantitative estimate of drug-likeness (QED) is 0.735. The molecule has 0 unspecified atom stereocenters. The SMILES string of the molecule is CC(C)(C)c1ccccc1Oc1cccc(F)n1. The first-order chi connectivity index (χ1) is 8.47. The zero-order chi connectivity index (χ0) is 13.2. The third-order valence-electron chi connectivity index (χ3n) is 2.60. The maximum atomic E-state index is 13.0. The largest absolute Gasteiger partial charge is 0.439 e. The van der Waals surface area contributed by atoms with E-state index in [0.717, 1.165) is 5.56 Å². The van der Waals surface area contributed by atoms with E-state index in [-0.39, 0.29) is 11.3 Å². The Labute approximate surface area is 106 Å². The highest BCUT2D eigenvalue weighted by molar-refractivity contribution is 5.40. The fraction of sp³-hybridized carbons (Fsp3) is 0.267. The highest BCUT2D eigenvalue weighted by Gasteiger charge is 2.18. The fourth-order valence-electron chi connectivity index (χ4n) is 1.73. The molecule has 0 aliphatic rings. The van der Waals surface area contributed by atoms with Crippen molar-refractivity contribution >= 4 is 0 Å². The average molecular weight is 245 g/mol. The summed E-state index contributed by atoms with van der Waals surface area (Å²) in [6.07, 6.45) is 0. The summed E-state index contributed by atoms with van der Waals surface area (Å²) in [5.41, 5.74) is 1.03. The van der Waals surface area contributed by atoms with Gasteiger partial charge in [-0.3, -0.25) is 0 Å². The molecule has 18 heavy (non-hydrogen) atoms. The van der Waals surface area contributed by atoms with Crippen molar-refractivity contribution in [3.05, 3.63) is 54.0 Å². The molecule has 0 saturated carbocycles. The number of ether oxygens (including phenoxy) is 1. The van der Waals surface area contributed by atoms with Gasteiger partial charge in [-0.15, -0.1) is 0 Å². The Morgan fingerprint density at radius 3 is 2.39 bits per heavy atom. The van der Waals surface area contributed by atoms with Crippen LogP contribution in [0, 0.1) is 5.95 Å². The van der Waals surface area contributed by atoms with Gasteiger partial charge in [0.05, 0.1) is 0 Å². The molecule has 0 fully saturated rings. The Morgan fingerprint density at radius 1 is 1.00 bits per heavy atom. The number of para-hydroxylation sites is 1. The molecule has 94 valence electrons. The molecule has 2 aromatic rings. The van der Waals surface area contributed by atoms with E-state index in [9.17, 15) is 4.39 Å². The monoisotopic (exact) mass is 245 g/mol. The van der Waals surface area contributed by atoms with Gasteiger partial charge in [0.2, 0.25) is 11.8 Å². The summed E-state index contributed by atoms with van der Waals surface area (Å²) in [4.78, 5) is 3.70. The molecule has 0 saturated heterocycles. The van der Waals surface area contributed by atoms with E-state index in [2.05, 4.69) is 25.8 Å². The Bertz CT molecular complexity index is 546. The van der Waals surface area contributed by atoms with Crippen molar-refractivity contribution < 1.29 is 9.13 Å². The molecule has 0 bridgehead atoms. The number of pyridine rings is 1. The lowest BCUT2D eigenvalue weighted by Gasteiger charge is -2.22. The van der Waals surface area contributed by atoms with E-state index in [1.54, 1.807) is 12.1 Å². The van der Waals surface area contributed by atoms with Gasteiger partial charge in [-0.05, 0) is 17.5 Å². The molecule has 0 aliphatic carbocycles. The van der Waals surface area contributed by atoms with Crippen LogP contribution in [0.2, 0.25) is 0 Å². The van der Waals surface area contributed by atoms with E-state index in [4.69, 9.17) is 4.74 Å². The van der Waals surface area contributed by atoms with Crippen molar-refractivity contribution in [1.82, 2.24) is 4.98 Å². The first-order valence-electron chi connectivity index (χ1n) is 5.87. The van der Waals surface area contributed by atoms with Gasteiger partial charge in [0, 0.05) is 11.6 Å². The van der Waals surface area contributed by atoms with Crippen LogP contribution in [-0.2, 0) is 5.41 Å². The second kappa shape index (κ2) is 4.77. The lowest BCUT2D eigenvalue weighted by atomic mass is 9.86. The molecular weight excluding hydrogens is 229 g/mol. The Balaban J connectivity index is 2.35. The van der Waals surface area contributed by atoms with Gasteiger partial charge in [-0.1, -0.05) is 45.0 Å². The van der Waals surface area contributed by atoms with Crippen LogP contribution in [0.15, 0.2) is 42.5 Å². The summed E-state index contributed by atoms with van der Waals surface area (Å²) in [5, 5.41) is 0. The third-order valence-corrected chi connectivity index (χ3v) is 2.60. The highest BCUT2D eigenvalue weighted by Crippen LogP contribution is 2.33. The Morgan fingerprint density at radius 2 is 1.72 bits per heavy atom. The molecule has 0 N–H and O–H groups in total. The zero-order valence-electron chi connectivity index (χ0n) is 10.8.